The minimum Gasteiger partial charge on any atom is -0.497 e. The number of H-pyrrole nitrogens is 1. The van der Waals surface area contributed by atoms with Crippen LogP contribution >= 0.6 is 11.6 Å². The predicted molar refractivity (Wildman–Crippen MR) is 111 cm³/mol. The van der Waals surface area contributed by atoms with Crippen LogP contribution in [-0.2, 0) is 12.8 Å². The molecule has 0 saturated carbocycles. The zero-order valence-corrected chi connectivity index (χ0v) is 16.3. The number of guanidine groups is 1. The number of nitrogens with zero attached hydrogens (tertiary/aromatic N) is 2. The third-order valence-electron chi connectivity index (χ3n) is 4.26. The van der Waals surface area contributed by atoms with Crippen LogP contribution in [-0.4, -0.2) is 43.2 Å². The van der Waals surface area contributed by atoms with Gasteiger partial charge in [-0.25, -0.2) is 4.98 Å². The molecule has 0 atom stereocenters. The van der Waals surface area contributed by atoms with Crippen LogP contribution in [0.25, 0.3) is 11.0 Å². The standard InChI is InChI=1S/C20H24ClN5O/c1-22-20(23-11-9-14-7-8-15(27-2)13-16(14)21)24-12-10-19-25-17-5-3-4-6-18(17)26-19/h3-8,13H,9-12H2,1-2H3,(H,25,26)(H2,22,23,24). The van der Waals surface area contributed by atoms with Crippen molar-refractivity contribution in [2.75, 3.05) is 27.2 Å². The highest BCUT2D eigenvalue weighted by molar-refractivity contribution is 6.31. The van der Waals surface area contributed by atoms with Gasteiger partial charge in [0.1, 0.15) is 11.6 Å². The van der Waals surface area contributed by atoms with E-state index in [-0.39, 0.29) is 0 Å². The molecule has 0 aliphatic heterocycles. The summed E-state index contributed by atoms with van der Waals surface area (Å²) in [6.45, 7) is 1.47. The average molecular weight is 386 g/mol. The molecule has 7 heteroatoms. The molecular weight excluding hydrogens is 362 g/mol. The molecule has 2 aromatic carbocycles. The summed E-state index contributed by atoms with van der Waals surface area (Å²) in [6.07, 6.45) is 1.59. The number of para-hydroxylation sites is 2. The second kappa shape index (κ2) is 9.28. The summed E-state index contributed by atoms with van der Waals surface area (Å²) in [4.78, 5) is 12.2. The summed E-state index contributed by atoms with van der Waals surface area (Å²) in [5.74, 6) is 2.49. The molecule has 0 amide bonds. The van der Waals surface area contributed by atoms with E-state index in [9.17, 15) is 0 Å². The Hall–Kier alpha value is -2.73. The van der Waals surface area contributed by atoms with E-state index in [1.807, 2.05) is 42.5 Å². The fourth-order valence-corrected chi connectivity index (χ4v) is 3.08. The van der Waals surface area contributed by atoms with Crippen LogP contribution in [0.15, 0.2) is 47.5 Å². The number of benzene rings is 2. The predicted octanol–water partition coefficient (Wildman–Crippen LogP) is 3.18. The Morgan fingerprint density at radius 2 is 1.93 bits per heavy atom. The van der Waals surface area contributed by atoms with E-state index in [1.54, 1.807) is 14.2 Å². The summed E-state index contributed by atoms with van der Waals surface area (Å²) in [5, 5.41) is 7.32. The summed E-state index contributed by atoms with van der Waals surface area (Å²) < 4.78 is 5.17. The first-order valence-corrected chi connectivity index (χ1v) is 9.28. The number of halogens is 1. The molecule has 27 heavy (non-hydrogen) atoms. The normalized spacial score (nSPS) is 11.6. The number of ether oxygens (including phenoxy) is 1. The van der Waals surface area contributed by atoms with E-state index in [0.29, 0.717) is 5.02 Å². The molecule has 1 aromatic heterocycles. The molecule has 6 nitrogen and oxygen atoms in total. The largest absolute Gasteiger partial charge is 0.497 e. The molecule has 0 fully saturated rings. The Labute approximate surface area is 164 Å². The lowest BCUT2D eigenvalue weighted by Crippen LogP contribution is -2.39. The molecular formula is C20H24ClN5O. The van der Waals surface area contributed by atoms with E-state index < -0.39 is 0 Å². The van der Waals surface area contributed by atoms with Crippen molar-refractivity contribution >= 4 is 28.6 Å². The smallest absolute Gasteiger partial charge is 0.191 e. The maximum atomic E-state index is 6.28. The average Bonchev–Trinajstić information content (AvgIpc) is 3.10. The van der Waals surface area contributed by atoms with Crippen molar-refractivity contribution in [1.82, 2.24) is 20.6 Å². The van der Waals surface area contributed by atoms with E-state index in [1.165, 1.54) is 0 Å². The van der Waals surface area contributed by atoms with E-state index in [4.69, 9.17) is 16.3 Å². The van der Waals surface area contributed by atoms with Crippen LogP contribution in [0.5, 0.6) is 5.75 Å². The number of fused-ring (bicyclic) bond motifs is 1. The summed E-state index contributed by atoms with van der Waals surface area (Å²) >= 11 is 6.28. The number of hydrogen-bond donors (Lipinski definition) is 3. The SMILES string of the molecule is CN=C(NCCc1nc2ccccc2[nH]1)NCCc1ccc(OC)cc1Cl. The maximum absolute atomic E-state index is 6.28. The lowest BCUT2D eigenvalue weighted by Gasteiger charge is -2.12. The van der Waals surface area contributed by atoms with Gasteiger partial charge >= 0.3 is 0 Å². The Balaban J connectivity index is 1.44. The highest BCUT2D eigenvalue weighted by atomic mass is 35.5. The molecule has 0 aliphatic carbocycles. The highest BCUT2D eigenvalue weighted by Gasteiger charge is 2.05. The highest BCUT2D eigenvalue weighted by Crippen LogP contribution is 2.22. The number of hydrogen-bond acceptors (Lipinski definition) is 3. The van der Waals surface area contributed by atoms with Crippen LogP contribution in [0.2, 0.25) is 5.02 Å². The molecule has 3 aromatic rings. The van der Waals surface area contributed by atoms with Crippen LogP contribution in [0, 0.1) is 0 Å². The first-order chi connectivity index (χ1) is 13.2. The first kappa shape index (κ1) is 19.0. The topological polar surface area (TPSA) is 74.3 Å². The van der Waals surface area contributed by atoms with Gasteiger partial charge in [0.15, 0.2) is 5.96 Å². The van der Waals surface area contributed by atoms with Gasteiger partial charge in [-0.3, -0.25) is 4.99 Å². The van der Waals surface area contributed by atoms with E-state index >= 15 is 0 Å². The molecule has 0 radical (unpaired) electrons. The van der Waals surface area contributed by atoms with E-state index in [0.717, 1.165) is 60.1 Å². The number of aromatic amines is 1. The minimum atomic E-state index is 0.712. The molecule has 0 saturated heterocycles. The molecule has 0 aliphatic rings. The van der Waals surface area contributed by atoms with Crippen molar-refractivity contribution in [3.63, 3.8) is 0 Å². The van der Waals surface area contributed by atoms with Gasteiger partial charge in [0.2, 0.25) is 0 Å². The number of nitrogens with one attached hydrogen (secondary N) is 3. The molecule has 0 spiro atoms. The number of methoxy groups -OCH3 is 1. The Morgan fingerprint density at radius 3 is 2.63 bits per heavy atom. The molecule has 0 bridgehead atoms. The second-order valence-corrected chi connectivity index (χ2v) is 6.49. The molecule has 3 N–H and O–H groups in total. The van der Waals surface area contributed by atoms with Gasteiger partial charge in [-0.1, -0.05) is 29.8 Å². The third-order valence-corrected chi connectivity index (χ3v) is 4.62. The lowest BCUT2D eigenvalue weighted by molar-refractivity contribution is 0.414. The number of rotatable bonds is 7. The summed E-state index contributed by atoms with van der Waals surface area (Å²) in [5.41, 5.74) is 3.13. The fraction of sp³-hybridized carbons (Fsp3) is 0.300. The van der Waals surface area contributed by atoms with Crippen molar-refractivity contribution in [2.24, 2.45) is 4.99 Å². The molecule has 3 rings (SSSR count). The van der Waals surface area contributed by atoms with Crippen LogP contribution in [0.1, 0.15) is 11.4 Å². The van der Waals surface area contributed by atoms with Gasteiger partial charge < -0.3 is 20.4 Å². The Morgan fingerprint density at radius 1 is 1.15 bits per heavy atom. The fourth-order valence-electron chi connectivity index (χ4n) is 2.82. The molecule has 142 valence electrons. The van der Waals surface area contributed by atoms with Crippen molar-refractivity contribution in [3.8, 4) is 5.75 Å². The van der Waals surface area contributed by atoms with Gasteiger partial charge in [0.05, 0.1) is 18.1 Å². The van der Waals surface area contributed by atoms with Gasteiger partial charge in [0.25, 0.3) is 0 Å². The monoisotopic (exact) mass is 385 g/mol. The second-order valence-electron chi connectivity index (χ2n) is 6.08. The van der Waals surface area contributed by atoms with E-state index in [2.05, 4.69) is 25.6 Å². The molecule has 1 heterocycles. The van der Waals surface area contributed by atoms with Gasteiger partial charge in [-0.2, -0.15) is 0 Å². The number of aliphatic imine (C=N–C) groups is 1. The molecule has 0 unspecified atom stereocenters. The van der Waals surface area contributed by atoms with Crippen molar-refractivity contribution in [1.29, 1.82) is 0 Å². The Kier molecular flexibility index (Phi) is 6.54. The van der Waals surface area contributed by atoms with Crippen LogP contribution in [0.4, 0.5) is 0 Å². The van der Waals surface area contributed by atoms with Crippen LogP contribution in [0.3, 0.4) is 0 Å². The number of aromatic nitrogens is 2. The maximum Gasteiger partial charge on any atom is 0.191 e. The minimum absolute atomic E-state index is 0.712. The third kappa shape index (κ3) is 5.14. The summed E-state index contributed by atoms with van der Waals surface area (Å²) in [7, 11) is 3.39. The van der Waals surface area contributed by atoms with Crippen molar-refractivity contribution in [3.05, 3.63) is 58.9 Å². The quantitative estimate of drug-likeness (QED) is 0.431. The first-order valence-electron chi connectivity index (χ1n) is 8.90. The van der Waals surface area contributed by atoms with Crippen LogP contribution < -0.4 is 15.4 Å². The van der Waals surface area contributed by atoms with Gasteiger partial charge in [0, 0.05) is 31.6 Å². The zero-order chi connectivity index (χ0) is 19.1. The number of imidazole rings is 1. The zero-order valence-electron chi connectivity index (χ0n) is 15.6. The van der Waals surface area contributed by atoms with Gasteiger partial charge in [-0.05, 0) is 36.2 Å². The van der Waals surface area contributed by atoms with Crippen molar-refractivity contribution < 1.29 is 4.74 Å². The van der Waals surface area contributed by atoms with Crippen molar-refractivity contribution in [2.45, 2.75) is 12.8 Å². The summed E-state index contributed by atoms with van der Waals surface area (Å²) in [6, 6.07) is 13.8. The lowest BCUT2D eigenvalue weighted by atomic mass is 10.1. The Bertz CT molecular complexity index is 889. The van der Waals surface area contributed by atoms with Gasteiger partial charge in [-0.15, -0.1) is 0 Å².